The van der Waals surface area contributed by atoms with Crippen LogP contribution in [0.2, 0.25) is 0 Å². The fraction of sp³-hybridized carbons (Fsp3) is 0.188. The second-order valence-corrected chi connectivity index (χ2v) is 8.60. The Hall–Kier alpha value is -0.366. The van der Waals surface area contributed by atoms with Gasteiger partial charge in [-0.1, -0.05) is 37.9 Å². The van der Waals surface area contributed by atoms with Crippen molar-refractivity contribution in [2.45, 2.75) is 13.8 Å². The van der Waals surface area contributed by atoms with Crippen LogP contribution in [0, 0.1) is 13.8 Å². The number of aryl methyl sites for hydroxylation is 2. The van der Waals surface area contributed by atoms with Crippen molar-refractivity contribution in [2.24, 2.45) is 4.99 Å². The summed E-state index contributed by atoms with van der Waals surface area (Å²) in [6.45, 7) is 4.11. The molecule has 0 fully saturated rings. The summed E-state index contributed by atoms with van der Waals surface area (Å²) in [6, 6.07) is 12.1. The Bertz CT molecular complexity index is 650. The first kappa shape index (κ1) is 19.7. The van der Waals surface area contributed by atoms with E-state index in [0.29, 0.717) is 14.3 Å². The van der Waals surface area contributed by atoms with Gasteiger partial charge in [0, 0.05) is 24.1 Å². The monoisotopic (exact) mass is 389 g/mol. The molecule has 0 saturated heterocycles. The van der Waals surface area contributed by atoms with Gasteiger partial charge in [-0.3, -0.25) is 4.99 Å². The number of hydrogen-bond acceptors (Lipinski definition) is 2. The quantitative estimate of drug-likeness (QED) is 0.479. The van der Waals surface area contributed by atoms with Gasteiger partial charge in [-0.15, -0.1) is 0 Å². The second kappa shape index (κ2) is 10.4. The Labute approximate surface area is 150 Å². The maximum atomic E-state index is 9.94. The zero-order valence-corrected chi connectivity index (χ0v) is 16.8. The summed E-state index contributed by atoms with van der Waals surface area (Å²) >= 11 is -0.556. The number of phenols is 1. The molecule has 0 bridgehead atoms. The van der Waals surface area contributed by atoms with Crippen molar-refractivity contribution in [3.8, 4) is 5.75 Å². The van der Waals surface area contributed by atoms with E-state index in [2.05, 4.69) is 30.1 Å². The topological polar surface area (TPSA) is 32.6 Å². The van der Waals surface area contributed by atoms with E-state index in [-0.39, 0.29) is 0 Å². The van der Waals surface area contributed by atoms with Crippen LogP contribution in [0.3, 0.4) is 0 Å². The molecule has 0 aliphatic carbocycles. The second-order valence-electron chi connectivity index (χ2n) is 4.70. The molecule has 1 N–H and O–H groups in total. The van der Waals surface area contributed by atoms with Gasteiger partial charge in [0.25, 0.3) is 0 Å². The first-order valence-corrected chi connectivity index (χ1v) is 11.9. The Morgan fingerprint density at radius 3 is 2.27 bits per heavy atom. The number of phenolic OH excluding ortho intramolecular Hbond substituents is 1. The molecule has 2 nitrogen and oxygen atoms in total. The Balaban J connectivity index is 0.000000745. The van der Waals surface area contributed by atoms with E-state index in [1.807, 2.05) is 25.3 Å². The first-order valence-electron chi connectivity index (χ1n) is 6.57. The number of aromatic hydroxyl groups is 1. The molecule has 22 heavy (non-hydrogen) atoms. The van der Waals surface area contributed by atoms with Gasteiger partial charge in [-0.25, -0.2) is 0 Å². The zero-order valence-electron chi connectivity index (χ0n) is 12.7. The minimum atomic E-state index is -0.556. The van der Waals surface area contributed by atoms with Crippen LogP contribution in [0.5, 0.6) is 5.75 Å². The summed E-state index contributed by atoms with van der Waals surface area (Å²) in [6.07, 6.45) is 1.88. The number of halogens is 2. The molecule has 0 heterocycles. The molecule has 0 amide bonds. The fourth-order valence-corrected chi connectivity index (χ4v) is 3.19. The third-order valence-corrected chi connectivity index (χ3v) is 4.29. The average Bonchev–Trinajstić information content (AvgIpc) is 2.47. The van der Waals surface area contributed by atoms with Crippen LogP contribution in [-0.2, 0) is 17.0 Å². The van der Waals surface area contributed by atoms with Crippen molar-refractivity contribution in [3.63, 3.8) is 0 Å². The van der Waals surface area contributed by atoms with Gasteiger partial charge < -0.3 is 5.11 Å². The van der Waals surface area contributed by atoms with Crippen molar-refractivity contribution < 1.29 is 22.1 Å². The normalized spacial score (nSPS) is 10.8. The van der Waals surface area contributed by atoms with E-state index < -0.39 is 17.0 Å². The van der Waals surface area contributed by atoms with E-state index in [0.717, 1.165) is 16.4 Å². The van der Waals surface area contributed by atoms with Crippen molar-refractivity contribution in [2.75, 3.05) is 7.05 Å². The third-order valence-electron chi connectivity index (χ3n) is 2.90. The molecule has 2 aromatic carbocycles. The number of aliphatic imine (C=N–C) groups is 1. The van der Waals surface area contributed by atoms with Crippen LogP contribution in [0.15, 0.2) is 41.4 Å². The predicted molar refractivity (Wildman–Crippen MR) is 96.8 cm³/mol. The van der Waals surface area contributed by atoms with E-state index in [4.69, 9.17) is 18.6 Å². The van der Waals surface area contributed by atoms with Gasteiger partial charge in [0.15, 0.2) is 0 Å². The Kier molecular flexibility index (Phi) is 9.32. The summed E-state index contributed by atoms with van der Waals surface area (Å²) in [4.78, 5) is 4.11. The summed E-state index contributed by atoms with van der Waals surface area (Å²) in [5.41, 5.74) is 3.51. The SMILES string of the molecule is CN=Cc1cc(C)ccc1Pc1cc(C)ccc1O.[Cl][Ti][Cl]. The van der Waals surface area contributed by atoms with Crippen LogP contribution in [0.4, 0.5) is 0 Å². The standard InChI is InChI=1S/C16H18NOP.2ClH.Ti/c1-11-5-7-15(13(8-11)10-17-3)19-16-9-12(2)4-6-14(16)18;;;/h4-10,18-19H,1-3H3;2*1H;/q;;;+2/p-2. The number of hydrogen-bond donors (Lipinski definition) is 1. The molecule has 2 rings (SSSR count). The summed E-state index contributed by atoms with van der Waals surface area (Å²) in [5.74, 6) is 0.365. The average molecular weight is 390 g/mol. The van der Waals surface area contributed by atoms with E-state index >= 15 is 0 Å². The first-order chi connectivity index (χ1) is 10.5. The molecule has 0 aliphatic rings. The Morgan fingerprint density at radius 2 is 1.64 bits per heavy atom. The van der Waals surface area contributed by atoms with Crippen molar-refractivity contribution in [1.29, 1.82) is 0 Å². The van der Waals surface area contributed by atoms with Crippen molar-refractivity contribution >= 4 is 44.0 Å². The van der Waals surface area contributed by atoms with Crippen LogP contribution in [0.1, 0.15) is 16.7 Å². The molecule has 1 atom stereocenters. The van der Waals surface area contributed by atoms with Gasteiger partial charge in [0.05, 0.1) is 0 Å². The van der Waals surface area contributed by atoms with Crippen molar-refractivity contribution in [1.82, 2.24) is 0 Å². The number of nitrogens with zero attached hydrogens (tertiary/aromatic N) is 1. The fourth-order valence-electron chi connectivity index (χ4n) is 1.94. The molecule has 0 radical (unpaired) electrons. The summed E-state index contributed by atoms with van der Waals surface area (Å²) in [5, 5.41) is 12.1. The molecule has 0 aliphatic heterocycles. The molecule has 116 valence electrons. The summed E-state index contributed by atoms with van der Waals surface area (Å²) < 4.78 is 0. The molecule has 0 saturated carbocycles. The van der Waals surface area contributed by atoms with Crippen LogP contribution < -0.4 is 10.6 Å². The molecule has 0 spiro atoms. The van der Waals surface area contributed by atoms with Crippen LogP contribution in [-0.4, -0.2) is 18.4 Å². The van der Waals surface area contributed by atoms with Gasteiger partial charge in [-0.2, -0.15) is 0 Å². The Morgan fingerprint density at radius 1 is 1.05 bits per heavy atom. The van der Waals surface area contributed by atoms with E-state index in [1.54, 1.807) is 13.1 Å². The van der Waals surface area contributed by atoms with Crippen LogP contribution in [0.25, 0.3) is 0 Å². The molecular weight excluding hydrogens is 372 g/mol. The van der Waals surface area contributed by atoms with Gasteiger partial charge in [0.1, 0.15) is 5.75 Å². The van der Waals surface area contributed by atoms with Gasteiger partial charge >= 0.3 is 35.6 Å². The van der Waals surface area contributed by atoms with E-state index in [1.165, 1.54) is 10.9 Å². The van der Waals surface area contributed by atoms with Crippen LogP contribution >= 0.6 is 27.2 Å². The number of rotatable bonds is 3. The molecule has 2 aromatic rings. The number of benzene rings is 2. The van der Waals surface area contributed by atoms with Gasteiger partial charge in [0.2, 0.25) is 0 Å². The summed E-state index contributed by atoms with van der Waals surface area (Å²) in [7, 11) is 12.0. The molecular formula is C16H18Cl2NOPTi. The maximum absolute atomic E-state index is 9.94. The predicted octanol–water partition coefficient (Wildman–Crippen LogP) is 4.06. The zero-order chi connectivity index (χ0) is 16.5. The van der Waals surface area contributed by atoms with E-state index in [9.17, 15) is 5.11 Å². The molecule has 6 heteroatoms. The molecule has 0 aromatic heterocycles. The van der Waals surface area contributed by atoms with Crippen molar-refractivity contribution in [3.05, 3.63) is 53.1 Å². The third kappa shape index (κ3) is 6.40. The molecule has 1 unspecified atom stereocenters. The minimum absolute atomic E-state index is 0.365. The van der Waals surface area contributed by atoms with Gasteiger partial charge in [-0.05, 0) is 37.4 Å².